The van der Waals surface area contributed by atoms with Gasteiger partial charge < -0.3 is 14.8 Å². The van der Waals surface area contributed by atoms with Gasteiger partial charge in [-0.15, -0.1) is 5.10 Å². The van der Waals surface area contributed by atoms with E-state index in [1.807, 2.05) is 30.3 Å². The second-order valence-corrected chi connectivity index (χ2v) is 5.75. The van der Waals surface area contributed by atoms with E-state index in [1.165, 1.54) is 0 Å². The van der Waals surface area contributed by atoms with E-state index in [2.05, 4.69) is 36.3 Å². The summed E-state index contributed by atoms with van der Waals surface area (Å²) in [5, 5.41) is 11.6. The van der Waals surface area contributed by atoms with Crippen LogP contribution in [0.1, 0.15) is 26.5 Å². The van der Waals surface area contributed by atoms with E-state index in [-0.39, 0.29) is 5.54 Å². The van der Waals surface area contributed by atoms with Crippen molar-refractivity contribution in [1.29, 1.82) is 0 Å². The molecule has 1 N–H and O–H groups in total. The standard InChI is InChI=1S/C16H21N3O2/c1-16(2,3)17-11-12-8-9-15(19-18-12)21-14-7-5-6-13(10-14)20-4/h5-10,17H,11H2,1-4H3. The van der Waals surface area contributed by atoms with Crippen molar-refractivity contribution in [3.63, 3.8) is 0 Å². The van der Waals surface area contributed by atoms with E-state index in [0.717, 1.165) is 11.4 Å². The predicted molar refractivity (Wildman–Crippen MR) is 81.7 cm³/mol. The van der Waals surface area contributed by atoms with Gasteiger partial charge in [-0.1, -0.05) is 6.07 Å². The molecule has 1 heterocycles. The summed E-state index contributed by atoms with van der Waals surface area (Å²) in [6.45, 7) is 7.01. The van der Waals surface area contributed by atoms with E-state index in [0.29, 0.717) is 18.2 Å². The van der Waals surface area contributed by atoms with Crippen molar-refractivity contribution in [3.05, 3.63) is 42.1 Å². The molecule has 21 heavy (non-hydrogen) atoms. The molecular weight excluding hydrogens is 266 g/mol. The van der Waals surface area contributed by atoms with E-state index < -0.39 is 0 Å². The lowest BCUT2D eigenvalue weighted by atomic mass is 10.1. The van der Waals surface area contributed by atoms with Gasteiger partial charge in [-0.3, -0.25) is 0 Å². The minimum absolute atomic E-state index is 0.0530. The van der Waals surface area contributed by atoms with Crippen LogP contribution in [0.4, 0.5) is 0 Å². The highest BCUT2D eigenvalue weighted by Crippen LogP contribution is 2.23. The minimum atomic E-state index is 0.0530. The van der Waals surface area contributed by atoms with Gasteiger partial charge in [0.05, 0.1) is 12.8 Å². The lowest BCUT2D eigenvalue weighted by Gasteiger charge is -2.19. The van der Waals surface area contributed by atoms with Crippen LogP contribution in [0.25, 0.3) is 0 Å². The summed E-state index contributed by atoms with van der Waals surface area (Å²) in [4.78, 5) is 0. The zero-order valence-electron chi connectivity index (χ0n) is 12.9. The Morgan fingerprint density at radius 2 is 1.81 bits per heavy atom. The summed E-state index contributed by atoms with van der Waals surface area (Å²) in [7, 11) is 1.62. The zero-order valence-corrected chi connectivity index (χ0v) is 12.9. The van der Waals surface area contributed by atoms with E-state index in [1.54, 1.807) is 13.2 Å². The molecule has 0 unspecified atom stereocenters. The Morgan fingerprint density at radius 1 is 1.05 bits per heavy atom. The Bertz CT molecular complexity index is 577. The van der Waals surface area contributed by atoms with E-state index in [9.17, 15) is 0 Å². The van der Waals surface area contributed by atoms with Crippen molar-refractivity contribution in [2.45, 2.75) is 32.9 Å². The molecule has 0 spiro atoms. The maximum atomic E-state index is 5.65. The Morgan fingerprint density at radius 3 is 2.43 bits per heavy atom. The molecule has 0 radical (unpaired) electrons. The zero-order chi connectivity index (χ0) is 15.3. The molecule has 0 aliphatic rings. The molecule has 112 valence electrons. The van der Waals surface area contributed by atoms with Crippen LogP contribution in [0, 0.1) is 0 Å². The molecule has 0 saturated carbocycles. The Labute approximate surface area is 125 Å². The predicted octanol–water partition coefficient (Wildman–Crippen LogP) is 3.17. The quantitative estimate of drug-likeness (QED) is 0.915. The number of methoxy groups -OCH3 is 1. The largest absolute Gasteiger partial charge is 0.497 e. The molecule has 2 aromatic rings. The molecule has 0 fully saturated rings. The van der Waals surface area contributed by atoms with Crippen LogP contribution in [0.2, 0.25) is 0 Å². The molecule has 1 aromatic heterocycles. The van der Waals surface area contributed by atoms with Crippen LogP contribution in [-0.4, -0.2) is 22.8 Å². The molecule has 0 saturated heterocycles. The summed E-state index contributed by atoms with van der Waals surface area (Å²) >= 11 is 0. The Hall–Kier alpha value is -2.14. The second-order valence-electron chi connectivity index (χ2n) is 5.75. The van der Waals surface area contributed by atoms with Gasteiger partial charge in [0, 0.05) is 24.2 Å². The first-order chi connectivity index (χ1) is 9.96. The van der Waals surface area contributed by atoms with Crippen molar-refractivity contribution in [3.8, 4) is 17.4 Å². The lowest BCUT2D eigenvalue weighted by molar-refractivity contribution is 0.405. The Kier molecular flexibility index (Phi) is 4.75. The fraction of sp³-hybridized carbons (Fsp3) is 0.375. The van der Waals surface area contributed by atoms with Crippen LogP contribution in [0.5, 0.6) is 17.4 Å². The topological polar surface area (TPSA) is 56.3 Å². The normalized spacial score (nSPS) is 11.2. The number of hydrogen-bond donors (Lipinski definition) is 1. The maximum absolute atomic E-state index is 5.65. The first-order valence-corrected chi connectivity index (χ1v) is 6.86. The monoisotopic (exact) mass is 287 g/mol. The summed E-state index contributed by atoms with van der Waals surface area (Å²) in [6.07, 6.45) is 0. The highest BCUT2D eigenvalue weighted by atomic mass is 16.5. The third-order valence-corrected chi connectivity index (χ3v) is 2.76. The summed E-state index contributed by atoms with van der Waals surface area (Å²) in [6, 6.07) is 11.1. The second kappa shape index (κ2) is 6.54. The molecule has 1 aromatic carbocycles. The van der Waals surface area contributed by atoms with Gasteiger partial charge in [0.15, 0.2) is 0 Å². The minimum Gasteiger partial charge on any atom is -0.497 e. The maximum Gasteiger partial charge on any atom is 0.238 e. The number of nitrogens with one attached hydrogen (secondary N) is 1. The molecule has 0 bridgehead atoms. The third kappa shape index (κ3) is 5.04. The molecule has 0 aliphatic carbocycles. The van der Waals surface area contributed by atoms with E-state index in [4.69, 9.17) is 9.47 Å². The molecule has 2 rings (SSSR count). The highest BCUT2D eigenvalue weighted by molar-refractivity contribution is 5.35. The van der Waals surface area contributed by atoms with Crippen LogP contribution in [0.15, 0.2) is 36.4 Å². The van der Waals surface area contributed by atoms with Crippen molar-refractivity contribution >= 4 is 0 Å². The molecule has 5 nitrogen and oxygen atoms in total. The third-order valence-electron chi connectivity index (χ3n) is 2.76. The Balaban J connectivity index is 1.98. The number of benzene rings is 1. The van der Waals surface area contributed by atoms with Gasteiger partial charge in [0.1, 0.15) is 11.5 Å². The molecule has 0 aliphatic heterocycles. The van der Waals surface area contributed by atoms with Gasteiger partial charge in [-0.25, -0.2) is 0 Å². The fourth-order valence-electron chi connectivity index (χ4n) is 1.64. The summed E-state index contributed by atoms with van der Waals surface area (Å²) in [5.74, 6) is 1.87. The number of ether oxygens (including phenoxy) is 2. The number of nitrogens with zero attached hydrogens (tertiary/aromatic N) is 2. The number of rotatable bonds is 5. The van der Waals surface area contributed by atoms with Crippen LogP contribution < -0.4 is 14.8 Å². The van der Waals surface area contributed by atoms with Crippen molar-refractivity contribution in [1.82, 2.24) is 15.5 Å². The highest BCUT2D eigenvalue weighted by Gasteiger charge is 2.09. The van der Waals surface area contributed by atoms with Crippen molar-refractivity contribution in [2.75, 3.05) is 7.11 Å². The van der Waals surface area contributed by atoms with Crippen molar-refractivity contribution in [2.24, 2.45) is 0 Å². The van der Waals surface area contributed by atoms with Gasteiger partial charge in [0.2, 0.25) is 5.88 Å². The van der Waals surface area contributed by atoms with Gasteiger partial charge in [-0.2, -0.15) is 5.10 Å². The summed E-state index contributed by atoms with van der Waals surface area (Å²) < 4.78 is 10.8. The van der Waals surface area contributed by atoms with Gasteiger partial charge in [0.25, 0.3) is 0 Å². The fourth-order valence-corrected chi connectivity index (χ4v) is 1.64. The van der Waals surface area contributed by atoms with Crippen LogP contribution in [0.3, 0.4) is 0 Å². The first kappa shape index (κ1) is 15.3. The van der Waals surface area contributed by atoms with Crippen LogP contribution in [-0.2, 0) is 6.54 Å². The van der Waals surface area contributed by atoms with Crippen molar-refractivity contribution < 1.29 is 9.47 Å². The van der Waals surface area contributed by atoms with Gasteiger partial charge in [-0.05, 0) is 39.0 Å². The smallest absolute Gasteiger partial charge is 0.238 e. The first-order valence-electron chi connectivity index (χ1n) is 6.86. The SMILES string of the molecule is COc1cccc(Oc2ccc(CNC(C)(C)C)nn2)c1. The number of aromatic nitrogens is 2. The molecule has 0 atom stereocenters. The van der Waals surface area contributed by atoms with Gasteiger partial charge >= 0.3 is 0 Å². The lowest BCUT2D eigenvalue weighted by Crippen LogP contribution is -2.35. The van der Waals surface area contributed by atoms with Crippen LogP contribution >= 0.6 is 0 Å². The molecule has 0 amide bonds. The molecular formula is C16H21N3O2. The number of hydrogen-bond acceptors (Lipinski definition) is 5. The molecule has 5 heteroatoms. The van der Waals surface area contributed by atoms with E-state index >= 15 is 0 Å². The average Bonchev–Trinajstić information content (AvgIpc) is 2.46. The summed E-state index contributed by atoms with van der Waals surface area (Å²) in [5.41, 5.74) is 0.931. The average molecular weight is 287 g/mol.